The van der Waals surface area contributed by atoms with E-state index in [1.54, 1.807) is 0 Å². The van der Waals surface area contributed by atoms with Gasteiger partial charge in [-0.05, 0) is 36.8 Å². The van der Waals surface area contributed by atoms with E-state index in [9.17, 15) is 0 Å². The predicted molar refractivity (Wildman–Crippen MR) is 73.0 cm³/mol. The second-order valence-electron chi connectivity index (χ2n) is 5.58. The van der Waals surface area contributed by atoms with Crippen LogP contribution < -0.4 is 5.32 Å². The van der Waals surface area contributed by atoms with E-state index in [1.807, 2.05) is 17.9 Å². The summed E-state index contributed by atoms with van der Waals surface area (Å²) in [5.74, 6) is 1.48. The Morgan fingerprint density at radius 3 is 2.47 bits per heavy atom. The van der Waals surface area contributed by atoms with Gasteiger partial charge < -0.3 is 5.32 Å². The smallest absolute Gasteiger partial charge is 0.0521 e. The molecular weight excluding hydrogens is 210 g/mol. The van der Waals surface area contributed by atoms with Crippen molar-refractivity contribution in [2.24, 2.45) is 18.9 Å². The Bertz CT molecular complexity index is 317. The number of nitrogens with one attached hydrogen (secondary N) is 1. The van der Waals surface area contributed by atoms with Crippen LogP contribution in [0.25, 0.3) is 0 Å². The van der Waals surface area contributed by atoms with Crippen LogP contribution >= 0.6 is 0 Å². The molecule has 0 aliphatic rings. The van der Waals surface area contributed by atoms with Gasteiger partial charge in [-0.25, -0.2) is 0 Å². The summed E-state index contributed by atoms with van der Waals surface area (Å²) < 4.78 is 1.88. The van der Waals surface area contributed by atoms with Crippen molar-refractivity contribution in [1.29, 1.82) is 0 Å². The maximum Gasteiger partial charge on any atom is 0.0521 e. The van der Waals surface area contributed by atoms with Crippen LogP contribution in [0.1, 0.15) is 39.7 Å². The SMILES string of the molecule is CC(C)NCC(C)C(C)CCc1cnn(C)c1. The average molecular weight is 237 g/mol. The highest BCUT2D eigenvalue weighted by atomic mass is 15.2. The predicted octanol–water partition coefficient (Wildman–Crippen LogP) is 2.62. The number of aromatic nitrogens is 2. The van der Waals surface area contributed by atoms with Gasteiger partial charge in [-0.3, -0.25) is 4.68 Å². The van der Waals surface area contributed by atoms with Crippen molar-refractivity contribution in [1.82, 2.24) is 15.1 Å². The number of nitrogens with zero attached hydrogens (tertiary/aromatic N) is 2. The Morgan fingerprint density at radius 1 is 1.24 bits per heavy atom. The van der Waals surface area contributed by atoms with Crippen LogP contribution in [0.3, 0.4) is 0 Å². The molecule has 0 spiro atoms. The van der Waals surface area contributed by atoms with E-state index in [0.717, 1.165) is 24.8 Å². The fourth-order valence-electron chi connectivity index (χ4n) is 1.90. The Hall–Kier alpha value is -0.830. The molecule has 17 heavy (non-hydrogen) atoms. The van der Waals surface area contributed by atoms with Crippen LogP contribution in [0.15, 0.2) is 12.4 Å². The van der Waals surface area contributed by atoms with Crippen LogP contribution in [-0.4, -0.2) is 22.4 Å². The number of rotatable bonds is 7. The van der Waals surface area contributed by atoms with Crippen molar-refractivity contribution in [3.63, 3.8) is 0 Å². The minimum Gasteiger partial charge on any atom is -0.314 e. The Balaban J connectivity index is 2.26. The molecule has 0 aliphatic heterocycles. The molecule has 1 aromatic rings. The van der Waals surface area contributed by atoms with Gasteiger partial charge in [0, 0.05) is 19.3 Å². The van der Waals surface area contributed by atoms with Gasteiger partial charge in [0.05, 0.1) is 6.20 Å². The highest BCUT2D eigenvalue weighted by Crippen LogP contribution is 2.17. The molecule has 0 bridgehead atoms. The van der Waals surface area contributed by atoms with Crippen LogP contribution in [0, 0.1) is 11.8 Å². The van der Waals surface area contributed by atoms with E-state index in [0.29, 0.717) is 6.04 Å². The Morgan fingerprint density at radius 2 is 1.94 bits per heavy atom. The first kappa shape index (κ1) is 14.2. The zero-order valence-corrected chi connectivity index (χ0v) is 11.9. The molecule has 0 aliphatic carbocycles. The molecule has 0 radical (unpaired) electrons. The van der Waals surface area contributed by atoms with Gasteiger partial charge in [0.2, 0.25) is 0 Å². The van der Waals surface area contributed by atoms with Crippen LogP contribution in [0.2, 0.25) is 0 Å². The lowest BCUT2D eigenvalue weighted by Crippen LogP contribution is -2.30. The first-order valence-corrected chi connectivity index (χ1v) is 6.70. The lowest BCUT2D eigenvalue weighted by Gasteiger charge is -2.21. The van der Waals surface area contributed by atoms with Crippen LogP contribution in [0.4, 0.5) is 0 Å². The first-order chi connectivity index (χ1) is 7.99. The van der Waals surface area contributed by atoms with Gasteiger partial charge in [-0.15, -0.1) is 0 Å². The molecule has 2 atom stereocenters. The summed E-state index contributed by atoms with van der Waals surface area (Å²) in [5.41, 5.74) is 1.35. The van der Waals surface area contributed by atoms with Gasteiger partial charge in [0.15, 0.2) is 0 Å². The van der Waals surface area contributed by atoms with E-state index in [4.69, 9.17) is 0 Å². The molecule has 0 aromatic carbocycles. The lowest BCUT2D eigenvalue weighted by atomic mass is 9.90. The second-order valence-corrected chi connectivity index (χ2v) is 5.58. The molecule has 0 amide bonds. The summed E-state index contributed by atoms with van der Waals surface area (Å²) >= 11 is 0. The van der Waals surface area contributed by atoms with Crippen molar-refractivity contribution in [3.05, 3.63) is 18.0 Å². The summed E-state index contributed by atoms with van der Waals surface area (Å²) in [6, 6.07) is 0.586. The summed E-state index contributed by atoms with van der Waals surface area (Å²) in [7, 11) is 1.97. The van der Waals surface area contributed by atoms with E-state index < -0.39 is 0 Å². The van der Waals surface area contributed by atoms with Crippen LogP contribution in [0.5, 0.6) is 0 Å². The minimum absolute atomic E-state index is 0.586. The topological polar surface area (TPSA) is 29.9 Å². The maximum absolute atomic E-state index is 4.20. The summed E-state index contributed by atoms with van der Waals surface area (Å²) in [6.45, 7) is 10.2. The molecule has 98 valence electrons. The van der Waals surface area contributed by atoms with E-state index in [2.05, 4.69) is 44.3 Å². The average Bonchev–Trinajstić information content (AvgIpc) is 2.68. The number of hydrogen-bond donors (Lipinski definition) is 1. The van der Waals surface area contributed by atoms with Gasteiger partial charge in [-0.2, -0.15) is 5.10 Å². The fourth-order valence-corrected chi connectivity index (χ4v) is 1.90. The zero-order chi connectivity index (χ0) is 12.8. The largest absolute Gasteiger partial charge is 0.314 e. The fraction of sp³-hybridized carbons (Fsp3) is 0.786. The third-order valence-electron chi connectivity index (χ3n) is 3.47. The molecule has 3 heteroatoms. The lowest BCUT2D eigenvalue weighted by molar-refractivity contribution is 0.338. The maximum atomic E-state index is 4.20. The van der Waals surface area contributed by atoms with Gasteiger partial charge in [0.25, 0.3) is 0 Å². The standard InChI is InChI=1S/C14H27N3/c1-11(2)15-8-13(4)12(3)6-7-14-9-16-17(5)10-14/h9-13,15H,6-8H2,1-5H3. The van der Waals surface area contributed by atoms with Crippen molar-refractivity contribution in [3.8, 4) is 0 Å². The summed E-state index contributed by atoms with van der Waals surface area (Å²) in [4.78, 5) is 0. The zero-order valence-electron chi connectivity index (χ0n) is 11.9. The Kier molecular flexibility index (Phi) is 5.69. The molecule has 2 unspecified atom stereocenters. The van der Waals surface area contributed by atoms with Crippen molar-refractivity contribution >= 4 is 0 Å². The van der Waals surface area contributed by atoms with Gasteiger partial charge >= 0.3 is 0 Å². The molecule has 0 saturated heterocycles. The van der Waals surface area contributed by atoms with Crippen molar-refractivity contribution in [2.45, 2.75) is 46.6 Å². The van der Waals surface area contributed by atoms with Gasteiger partial charge in [-0.1, -0.05) is 27.7 Å². The molecule has 1 heterocycles. The summed E-state index contributed by atoms with van der Waals surface area (Å²) in [6.07, 6.45) is 6.47. The van der Waals surface area contributed by atoms with E-state index in [-0.39, 0.29) is 0 Å². The second kappa shape index (κ2) is 6.80. The Labute approximate surface area is 106 Å². The van der Waals surface area contributed by atoms with Crippen molar-refractivity contribution in [2.75, 3.05) is 6.54 Å². The van der Waals surface area contributed by atoms with Crippen molar-refractivity contribution < 1.29 is 0 Å². The normalized spacial score (nSPS) is 15.2. The quantitative estimate of drug-likeness (QED) is 0.790. The highest BCUT2D eigenvalue weighted by molar-refractivity contribution is 5.03. The van der Waals surface area contributed by atoms with E-state index >= 15 is 0 Å². The molecule has 3 nitrogen and oxygen atoms in total. The monoisotopic (exact) mass is 237 g/mol. The summed E-state index contributed by atoms with van der Waals surface area (Å²) in [5, 5.41) is 7.72. The third kappa shape index (κ3) is 5.35. The highest BCUT2D eigenvalue weighted by Gasteiger charge is 2.12. The van der Waals surface area contributed by atoms with E-state index in [1.165, 1.54) is 12.0 Å². The number of aryl methyl sites for hydroxylation is 2. The molecular formula is C14H27N3. The van der Waals surface area contributed by atoms with Crippen LogP contribution in [-0.2, 0) is 13.5 Å². The first-order valence-electron chi connectivity index (χ1n) is 6.70. The molecule has 1 rings (SSSR count). The third-order valence-corrected chi connectivity index (χ3v) is 3.47. The van der Waals surface area contributed by atoms with Gasteiger partial charge in [0.1, 0.15) is 0 Å². The molecule has 0 fully saturated rings. The molecule has 1 aromatic heterocycles. The molecule has 1 N–H and O–H groups in total. The number of hydrogen-bond acceptors (Lipinski definition) is 2. The minimum atomic E-state index is 0.586. The molecule has 0 saturated carbocycles.